The van der Waals surface area contributed by atoms with E-state index in [1.165, 1.54) is 0 Å². The lowest BCUT2D eigenvalue weighted by Crippen LogP contribution is -2.42. The minimum Gasteiger partial charge on any atom is -0.458 e. The number of carbonyl (C=O) groups excluding carboxylic acids is 2. The first-order valence-electron chi connectivity index (χ1n) is 6.34. The summed E-state index contributed by atoms with van der Waals surface area (Å²) in [4.78, 5) is 23.5. The predicted octanol–water partition coefficient (Wildman–Crippen LogP) is 2.08. The summed E-state index contributed by atoms with van der Waals surface area (Å²) < 4.78 is 5.20. The molecule has 4 heteroatoms. The number of hydrogen-bond donors (Lipinski definition) is 1. The summed E-state index contributed by atoms with van der Waals surface area (Å²) in [5.74, 6) is -0.613. The largest absolute Gasteiger partial charge is 0.458 e. The van der Waals surface area contributed by atoms with Crippen LogP contribution in [0.4, 0.5) is 0 Å². The third-order valence-corrected chi connectivity index (χ3v) is 2.35. The van der Waals surface area contributed by atoms with E-state index >= 15 is 0 Å². The maximum Gasteiger partial charge on any atom is 0.328 e. The molecular formula is C15H21NO3. The number of ether oxygens (including phenoxy) is 1. The number of rotatable bonds is 4. The van der Waals surface area contributed by atoms with Gasteiger partial charge in [0, 0.05) is 0 Å². The summed E-state index contributed by atoms with van der Waals surface area (Å²) in [5.41, 5.74) is 0.367. The van der Waals surface area contributed by atoms with Crippen LogP contribution in [0.2, 0.25) is 0 Å². The van der Waals surface area contributed by atoms with Crippen LogP contribution in [0.1, 0.15) is 33.3 Å². The Bertz CT molecular complexity index is 434. The quantitative estimate of drug-likeness (QED) is 0.846. The fraction of sp³-hybridized carbons (Fsp3) is 0.467. The standard InChI is InChI=1S/C15H21NO3/c1-11(14(18)19-15(2,3)4)16-13(17)10-12-8-6-5-7-9-12/h5-9,11H,10H2,1-4H3,(H,16,17)/t11-/m0/s1. The summed E-state index contributed by atoms with van der Waals surface area (Å²) in [6, 6.07) is 8.75. The molecule has 0 aliphatic heterocycles. The molecule has 1 N–H and O–H groups in total. The summed E-state index contributed by atoms with van der Waals surface area (Å²) in [7, 11) is 0. The van der Waals surface area contributed by atoms with Crippen LogP contribution in [0.5, 0.6) is 0 Å². The smallest absolute Gasteiger partial charge is 0.328 e. The first-order valence-corrected chi connectivity index (χ1v) is 6.34. The molecule has 1 rings (SSSR count). The zero-order valence-corrected chi connectivity index (χ0v) is 11.9. The highest BCUT2D eigenvalue weighted by atomic mass is 16.6. The molecule has 0 saturated heterocycles. The van der Waals surface area contributed by atoms with E-state index in [9.17, 15) is 9.59 Å². The normalized spacial score (nSPS) is 12.6. The van der Waals surface area contributed by atoms with Gasteiger partial charge in [0.1, 0.15) is 11.6 Å². The van der Waals surface area contributed by atoms with Gasteiger partial charge >= 0.3 is 5.97 Å². The van der Waals surface area contributed by atoms with E-state index in [1.54, 1.807) is 27.7 Å². The zero-order valence-electron chi connectivity index (χ0n) is 11.9. The van der Waals surface area contributed by atoms with Crippen LogP contribution in [-0.2, 0) is 20.7 Å². The van der Waals surface area contributed by atoms with Crippen LogP contribution < -0.4 is 5.32 Å². The number of esters is 1. The predicted molar refractivity (Wildman–Crippen MR) is 73.6 cm³/mol. The fourth-order valence-electron chi connectivity index (χ4n) is 1.52. The molecule has 0 saturated carbocycles. The summed E-state index contributed by atoms with van der Waals surface area (Å²) in [6.45, 7) is 7.01. The monoisotopic (exact) mass is 263 g/mol. The molecule has 0 bridgehead atoms. The molecule has 0 aromatic heterocycles. The highest BCUT2D eigenvalue weighted by molar-refractivity contribution is 5.85. The van der Waals surface area contributed by atoms with E-state index in [-0.39, 0.29) is 12.3 Å². The van der Waals surface area contributed by atoms with Crippen molar-refractivity contribution in [3.05, 3.63) is 35.9 Å². The maximum atomic E-state index is 11.8. The second-order valence-electron chi connectivity index (χ2n) is 5.49. The average Bonchev–Trinajstić information content (AvgIpc) is 2.27. The molecule has 19 heavy (non-hydrogen) atoms. The van der Waals surface area contributed by atoms with E-state index in [0.29, 0.717) is 0 Å². The zero-order chi connectivity index (χ0) is 14.5. The van der Waals surface area contributed by atoms with Crippen LogP contribution in [0.15, 0.2) is 30.3 Å². The Morgan fingerprint density at radius 3 is 2.32 bits per heavy atom. The van der Waals surface area contributed by atoms with Gasteiger partial charge in [-0.05, 0) is 33.3 Å². The minimum absolute atomic E-state index is 0.190. The summed E-state index contributed by atoms with van der Waals surface area (Å²) >= 11 is 0. The van der Waals surface area contributed by atoms with Crippen LogP contribution in [0.25, 0.3) is 0 Å². The van der Waals surface area contributed by atoms with Gasteiger partial charge in [-0.15, -0.1) is 0 Å². The van der Waals surface area contributed by atoms with E-state index in [4.69, 9.17) is 4.74 Å². The molecular weight excluding hydrogens is 242 g/mol. The van der Waals surface area contributed by atoms with Gasteiger partial charge in [-0.25, -0.2) is 4.79 Å². The van der Waals surface area contributed by atoms with Crippen LogP contribution in [0, 0.1) is 0 Å². The van der Waals surface area contributed by atoms with Gasteiger partial charge < -0.3 is 10.1 Å². The van der Waals surface area contributed by atoms with E-state index in [2.05, 4.69) is 5.32 Å². The fourth-order valence-corrected chi connectivity index (χ4v) is 1.52. The van der Waals surface area contributed by atoms with Gasteiger partial charge in [0.25, 0.3) is 0 Å². The van der Waals surface area contributed by atoms with Crippen molar-refractivity contribution in [1.29, 1.82) is 0 Å². The topological polar surface area (TPSA) is 55.4 Å². The molecule has 4 nitrogen and oxygen atoms in total. The Morgan fingerprint density at radius 1 is 1.21 bits per heavy atom. The molecule has 1 atom stereocenters. The molecule has 0 unspecified atom stereocenters. The molecule has 0 aliphatic carbocycles. The van der Waals surface area contributed by atoms with Crippen molar-refractivity contribution in [1.82, 2.24) is 5.32 Å². The van der Waals surface area contributed by atoms with Crippen LogP contribution in [0.3, 0.4) is 0 Å². The number of nitrogens with one attached hydrogen (secondary N) is 1. The SMILES string of the molecule is C[C@H](NC(=O)Cc1ccccc1)C(=O)OC(C)(C)C. The number of benzene rings is 1. The van der Waals surface area contributed by atoms with Crippen molar-refractivity contribution >= 4 is 11.9 Å². The van der Waals surface area contributed by atoms with Crippen molar-refractivity contribution in [3.63, 3.8) is 0 Å². The molecule has 0 radical (unpaired) electrons. The Kier molecular flexibility index (Phi) is 5.10. The third kappa shape index (κ3) is 6.04. The van der Waals surface area contributed by atoms with Gasteiger partial charge in [-0.2, -0.15) is 0 Å². The molecule has 0 heterocycles. The first-order chi connectivity index (χ1) is 8.78. The van der Waals surface area contributed by atoms with Crippen LogP contribution in [-0.4, -0.2) is 23.5 Å². The van der Waals surface area contributed by atoms with Crippen molar-refractivity contribution in [2.24, 2.45) is 0 Å². The Balaban J connectivity index is 2.46. The van der Waals surface area contributed by atoms with Crippen molar-refractivity contribution in [2.45, 2.75) is 45.8 Å². The Hall–Kier alpha value is -1.84. The van der Waals surface area contributed by atoms with E-state index < -0.39 is 17.6 Å². The second-order valence-corrected chi connectivity index (χ2v) is 5.49. The van der Waals surface area contributed by atoms with Crippen molar-refractivity contribution in [3.8, 4) is 0 Å². The van der Waals surface area contributed by atoms with Gasteiger partial charge in [0.15, 0.2) is 0 Å². The second kappa shape index (κ2) is 6.36. The maximum absolute atomic E-state index is 11.8. The third-order valence-electron chi connectivity index (χ3n) is 2.35. The molecule has 0 fully saturated rings. The number of carbonyl (C=O) groups is 2. The van der Waals surface area contributed by atoms with Gasteiger partial charge in [0.2, 0.25) is 5.91 Å². The lowest BCUT2D eigenvalue weighted by atomic mass is 10.1. The minimum atomic E-state index is -0.643. The van der Waals surface area contributed by atoms with Crippen molar-refractivity contribution in [2.75, 3.05) is 0 Å². The molecule has 0 spiro atoms. The Morgan fingerprint density at radius 2 is 1.79 bits per heavy atom. The lowest BCUT2D eigenvalue weighted by molar-refractivity contribution is -0.158. The lowest BCUT2D eigenvalue weighted by Gasteiger charge is -2.22. The van der Waals surface area contributed by atoms with E-state index in [1.807, 2.05) is 30.3 Å². The van der Waals surface area contributed by atoms with Gasteiger partial charge in [0.05, 0.1) is 6.42 Å². The van der Waals surface area contributed by atoms with Gasteiger partial charge in [-0.1, -0.05) is 30.3 Å². The average molecular weight is 263 g/mol. The Labute approximate surface area is 114 Å². The number of hydrogen-bond acceptors (Lipinski definition) is 3. The molecule has 104 valence electrons. The summed E-state index contributed by atoms with van der Waals surface area (Å²) in [5, 5.41) is 2.64. The highest BCUT2D eigenvalue weighted by Gasteiger charge is 2.22. The molecule has 1 aromatic rings. The molecule has 1 amide bonds. The number of amides is 1. The van der Waals surface area contributed by atoms with Gasteiger partial charge in [-0.3, -0.25) is 4.79 Å². The highest BCUT2D eigenvalue weighted by Crippen LogP contribution is 2.08. The van der Waals surface area contributed by atoms with Crippen LogP contribution >= 0.6 is 0 Å². The molecule has 0 aliphatic rings. The first kappa shape index (κ1) is 15.2. The van der Waals surface area contributed by atoms with E-state index in [0.717, 1.165) is 5.56 Å². The molecule has 1 aromatic carbocycles. The van der Waals surface area contributed by atoms with Crippen molar-refractivity contribution < 1.29 is 14.3 Å². The summed E-state index contributed by atoms with van der Waals surface area (Å²) in [6.07, 6.45) is 0.258.